The number of alkyl halides is 2. The van der Waals surface area contributed by atoms with E-state index in [9.17, 15) is 8.78 Å². The molecule has 0 aromatic rings. The van der Waals surface area contributed by atoms with Gasteiger partial charge in [-0.25, -0.2) is 8.78 Å². The summed E-state index contributed by atoms with van der Waals surface area (Å²) in [6.07, 6.45) is 5.19. The van der Waals surface area contributed by atoms with Crippen molar-refractivity contribution in [2.24, 2.45) is 17.6 Å². The fraction of sp³-hybridized carbons (Fsp3) is 1.00. The Morgan fingerprint density at radius 3 is 2.35 bits per heavy atom. The maximum absolute atomic E-state index is 13.1. The van der Waals surface area contributed by atoms with Gasteiger partial charge in [-0.2, -0.15) is 11.8 Å². The van der Waals surface area contributed by atoms with Gasteiger partial charge >= 0.3 is 0 Å². The molecule has 1 saturated carbocycles. The minimum Gasteiger partial charge on any atom is -0.328 e. The van der Waals surface area contributed by atoms with Gasteiger partial charge in [0.25, 0.3) is 0 Å². The number of halogens is 2. The van der Waals surface area contributed by atoms with Crippen LogP contribution in [0.15, 0.2) is 0 Å². The van der Waals surface area contributed by atoms with Crippen LogP contribution < -0.4 is 5.73 Å². The summed E-state index contributed by atoms with van der Waals surface area (Å²) in [4.78, 5) is 0. The molecule has 1 nitrogen and oxygen atoms in total. The highest BCUT2D eigenvalue weighted by Gasteiger charge is 2.39. The highest BCUT2D eigenvalue weighted by Crippen LogP contribution is 2.41. The molecule has 2 rings (SSSR count). The summed E-state index contributed by atoms with van der Waals surface area (Å²) in [5.74, 6) is 0.995. The Morgan fingerprint density at radius 2 is 1.76 bits per heavy atom. The third-order valence-electron chi connectivity index (χ3n) is 4.12. The molecule has 100 valence electrons. The van der Waals surface area contributed by atoms with Crippen LogP contribution >= 0.6 is 11.8 Å². The SMILES string of the molecule is NC(CC1CCSCC1)CC1CCC(F)(F)C1. The Kier molecular flexibility index (Phi) is 4.70. The van der Waals surface area contributed by atoms with E-state index in [0.717, 1.165) is 18.8 Å². The average molecular weight is 263 g/mol. The summed E-state index contributed by atoms with van der Waals surface area (Å²) < 4.78 is 26.1. The van der Waals surface area contributed by atoms with Crippen molar-refractivity contribution in [3.05, 3.63) is 0 Å². The molecule has 0 spiro atoms. The summed E-state index contributed by atoms with van der Waals surface area (Å²) in [5.41, 5.74) is 6.12. The van der Waals surface area contributed by atoms with Crippen molar-refractivity contribution in [3.8, 4) is 0 Å². The molecule has 0 aromatic heterocycles. The Balaban J connectivity index is 1.68. The van der Waals surface area contributed by atoms with Crippen LogP contribution in [0.3, 0.4) is 0 Å². The molecule has 2 unspecified atom stereocenters. The van der Waals surface area contributed by atoms with Crippen molar-refractivity contribution in [1.82, 2.24) is 0 Å². The predicted molar refractivity (Wildman–Crippen MR) is 69.5 cm³/mol. The van der Waals surface area contributed by atoms with Crippen LogP contribution in [0, 0.1) is 11.8 Å². The summed E-state index contributed by atoms with van der Waals surface area (Å²) in [6, 6.07) is 0.141. The molecular weight excluding hydrogens is 240 g/mol. The lowest BCUT2D eigenvalue weighted by molar-refractivity contribution is 0.00439. The minimum atomic E-state index is -2.41. The fourth-order valence-electron chi connectivity index (χ4n) is 3.18. The van der Waals surface area contributed by atoms with Gasteiger partial charge in [-0.05, 0) is 55.4 Å². The maximum atomic E-state index is 13.1. The standard InChI is InChI=1S/C13H23F2NS/c14-13(15)4-1-11(9-13)8-12(16)7-10-2-5-17-6-3-10/h10-12H,1-9,16H2. The third kappa shape index (κ3) is 4.40. The Hall–Kier alpha value is 0.170. The van der Waals surface area contributed by atoms with E-state index in [0.29, 0.717) is 6.42 Å². The van der Waals surface area contributed by atoms with Crippen molar-refractivity contribution >= 4 is 11.8 Å². The highest BCUT2D eigenvalue weighted by molar-refractivity contribution is 7.99. The molecule has 2 atom stereocenters. The lowest BCUT2D eigenvalue weighted by Crippen LogP contribution is -2.28. The Labute approximate surface area is 107 Å². The van der Waals surface area contributed by atoms with Gasteiger partial charge in [0.15, 0.2) is 0 Å². The lowest BCUT2D eigenvalue weighted by atomic mass is 9.89. The zero-order valence-corrected chi connectivity index (χ0v) is 11.2. The molecule has 17 heavy (non-hydrogen) atoms. The maximum Gasteiger partial charge on any atom is 0.248 e. The highest BCUT2D eigenvalue weighted by atomic mass is 32.2. The second-order valence-electron chi connectivity index (χ2n) is 5.75. The van der Waals surface area contributed by atoms with E-state index in [2.05, 4.69) is 0 Å². The first kappa shape index (κ1) is 13.6. The Morgan fingerprint density at radius 1 is 1.12 bits per heavy atom. The second-order valence-corrected chi connectivity index (χ2v) is 6.98. The lowest BCUT2D eigenvalue weighted by Gasteiger charge is -2.25. The topological polar surface area (TPSA) is 26.0 Å². The molecule has 2 aliphatic rings. The molecule has 0 bridgehead atoms. The molecule has 1 saturated heterocycles. The molecule has 4 heteroatoms. The van der Waals surface area contributed by atoms with Crippen molar-refractivity contribution < 1.29 is 8.78 Å². The van der Waals surface area contributed by atoms with Crippen molar-refractivity contribution in [1.29, 1.82) is 0 Å². The van der Waals surface area contributed by atoms with Crippen molar-refractivity contribution in [2.45, 2.75) is 56.9 Å². The van der Waals surface area contributed by atoms with Gasteiger partial charge in [-0.15, -0.1) is 0 Å². The van der Waals surface area contributed by atoms with Gasteiger partial charge in [0.05, 0.1) is 0 Å². The molecule has 2 N–H and O–H groups in total. The number of hydrogen-bond donors (Lipinski definition) is 1. The molecule has 1 aliphatic carbocycles. The first-order valence-electron chi connectivity index (χ1n) is 6.76. The summed E-state index contributed by atoms with van der Waals surface area (Å²) in [6.45, 7) is 0. The van der Waals surface area contributed by atoms with Crippen LogP contribution in [-0.2, 0) is 0 Å². The summed E-state index contributed by atoms with van der Waals surface area (Å²) >= 11 is 2.02. The molecule has 1 aliphatic heterocycles. The molecular formula is C13H23F2NS. The summed E-state index contributed by atoms with van der Waals surface area (Å²) in [5, 5.41) is 0. The van der Waals surface area contributed by atoms with E-state index < -0.39 is 5.92 Å². The number of thioether (sulfide) groups is 1. The van der Waals surface area contributed by atoms with Crippen LogP contribution in [0.25, 0.3) is 0 Å². The van der Waals surface area contributed by atoms with E-state index >= 15 is 0 Å². The number of nitrogens with two attached hydrogens (primary N) is 1. The smallest absolute Gasteiger partial charge is 0.248 e. The number of rotatable bonds is 4. The van der Waals surface area contributed by atoms with Gasteiger partial charge in [-0.1, -0.05) is 0 Å². The van der Waals surface area contributed by atoms with E-state index in [1.165, 1.54) is 24.3 Å². The molecule has 0 amide bonds. The van der Waals surface area contributed by atoms with E-state index in [4.69, 9.17) is 5.73 Å². The molecule has 2 fully saturated rings. The minimum absolute atomic E-state index is 0.0707. The second kappa shape index (κ2) is 5.87. The first-order chi connectivity index (χ1) is 8.05. The molecule has 0 aromatic carbocycles. The summed E-state index contributed by atoms with van der Waals surface area (Å²) in [7, 11) is 0. The zero-order valence-electron chi connectivity index (χ0n) is 10.3. The first-order valence-corrected chi connectivity index (χ1v) is 7.92. The van der Waals surface area contributed by atoms with E-state index in [1.807, 2.05) is 11.8 Å². The van der Waals surface area contributed by atoms with Gasteiger partial charge in [0.1, 0.15) is 0 Å². The van der Waals surface area contributed by atoms with Crippen LogP contribution in [0.4, 0.5) is 8.78 Å². The number of hydrogen-bond acceptors (Lipinski definition) is 2. The monoisotopic (exact) mass is 263 g/mol. The van der Waals surface area contributed by atoms with Gasteiger partial charge in [-0.3, -0.25) is 0 Å². The zero-order chi connectivity index (χ0) is 12.3. The van der Waals surface area contributed by atoms with Gasteiger partial charge < -0.3 is 5.73 Å². The largest absolute Gasteiger partial charge is 0.328 e. The van der Waals surface area contributed by atoms with Crippen LogP contribution in [0.2, 0.25) is 0 Å². The molecule has 0 radical (unpaired) electrons. The fourth-order valence-corrected chi connectivity index (χ4v) is 4.38. The van der Waals surface area contributed by atoms with E-state index in [-0.39, 0.29) is 24.8 Å². The van der Waals surface area contributed by atoms with Crippen LogP contribution in [0.5, 0.6) is 0 Å². The van der Waals surface area contributed by atoms with E-state index in [1.54, 1.807) is 0 Å². The Bertz CT molecular complexity index is 242. The normalized spacial score (nSPS) is 31.6. The van der Waals surface area contributed by atoms with Crippen molar-refractivity contribution in [3.63, 3.8) is 0 Å². The van der Waals surface area contributed by atoms with Crippen LogP contribution in [-0.4, -0.2) is 23.5 Å². The van der Waals surface area contributed by atoms with Gasteiger partial charge in [0.2, 0.25) is 5.92 Å². The third-order valence-corrected chi connectivity index (χ3v) is 5.17. The average Bonchev–Trinajstić information content (AvgIpc) is 2.59. The molecule has 1 heterocycles. The quantitative estimate of drug-likeness (QED) is 0.837. The predicted octanol–water partition coefficient (Wildman–Crippen LogP) is 3.67. The van der Waals surface area contributed by atoms with Crippen LogP contribution in [0.1, 0.15) is 44.9 Å². The van der Waals surface area contributed by atoms with Crippen molar-refractivity contribution in [2.75, 3.05) is 11.5 Å². The van der Waals surface area contributed by atoms with Gasteiger partial charge in [0, 0.05) is 18.9 Å².